The minimum Gasteiger partial charge on any atom is -0.504 e. The van der Waals surface area contributed by atoms with Gasteiger partial charge in [-0.15, -0.1) is 0 Å². The smallest absolute Gasteiger partial charge is 0.379 e. The largest absolute Gasteiger partial charge is 0.504 e. The van der Waals surface area contributed by atoms with Gasteiger partial charge in [-0.1, -0.05) is 6.07 Å². The molecule has 5 nitrogen and oxygen atoms in total. The van der Waals surface area contributed by atoms with Gasteiger partial charge in [0.1, 0.15) is 0 Å². The van der Waals surface area contributed by atoms with Crippen molar-refractivity contribution in [1.29, 1.82) is 0 Å². The highest BCUT2D eigenvalue weighted by Gasteiger charge is 2.25. The van der Waals surface area contributed by atoms with Crippen LogP contribution < -0.4 is 4.74 Å². The van der Waals surface area contributed by atoms with Gasteiger partial charge in [-0.2, -0.15) is 0 Å². The van der Waals surface area contributed by atoms with Crippen molar-refractivity contribution in [2.24, 2.45) is 0 Å². The number of hydrogen-bond acceptors (Lipinski definition) is 5. The molecule has 17 heavy (non-hydrogen) atoms. The van der Waals surface area contributed by atoms with Crippen LogP contribution in [0.1, 0.15) is 22.8 Å². The van der Waals surface area contributed by atoms with Gasteiger partial charge < -0.3 is 14.6 Å². The number of Topliss-reactive ketones (excluding diaryl/α,β-unsaturated/α-hetero) is 1. The molecule has 0 aliphatic rings. The maximum absolute atomic E-state index is 11.8. The third kappa shape index (κ3) is 2.55. The number of methoxy groups -OCH3 is 1. The molecule has 0 heterocycles. The minimum atomic E-state index is -0.959. The molecule has 0 bridgehead atoms. The van der Waals surface area contributed by atoms with Crippen LogP contribution in [0.3, 0.4) is 0 Å². The Hall–Kier alpha value is -2.04. The van der Waals surface area contributed by atoms with Gasteiger partial charge in [0, 0.05) is 0 Å². The van der Waals surface area contributed by atoms with Crippen LogP contribution in [-0.4, -0.2) is 30.6 Å². The Balaban J connectivity index is 3.25. The second-order valence-corrected chi connectivity index (χ2v) is 3.36. The normalized spacial score (nSPS) is 9.82. The van der Waals surface area contributed by atoms with E-state index in [0.29, 0.717) is 5.56 Å². The van der Waals surface area contributed by atoms with Crippen LogP contribution in [0.2, 0.25) is 0 Å². The second kappa shape index (κ2) is 5.34. The molecule has 1 rings (SSSR count). The zero-order valence-electron chi connectivity index (χ0n) is 9.94. The number of rotatable bonds is 4. The average Bonchev–Trinajstić information content (AvgIpc) is 2.31. The standard InChI is InChI=1S/C12H14O5/c1-4-17-12(15)10(14)9-7(2)5-6-8(13)11(9)16-3/h5-6,13H,4H2,1-3H3. The van der Waals surface area contributed by atoms with E-state index in [0.717, 1.165) is 0 Å². The number of ether oxygens (including phenoxy) is 2. The lowest BCUT2D eigenvalue weighted by molar-refractivity contribution is -0.137. The minimum absolute atomic E-state index is 0.0111. The third-order valence-electron chi connectivity index (χ3n) is 2.24. The fourth-order valence-corrected chi connectivity index (χ4v) is 1.46. The lowest BCUT2D eigenvalue weighted by Gasteiger charge is -2.11. The highest BCUT2D eigenvalue weighted by Crippen LogP contribution is 2.32. The zero-order chi connectivity index (χ0) is 13.0. The molecule has 0 saturated carbocycles. The summed E-state index contributed by atoms with van der Waals surface area (Å²) in [5.41, 5.74) is 0.573. The molecule has 0 fully saturated rings. The molecule has 1 N–H and O–H groups in total. The van der Waals surface area contributed by atoms with Crippen LogP contribution in [0.4, 0.5) is 0 Å². The summed E-state index contributed by atoms with van der Waals surface area (Å²) in [6.45, 7) is 3.37. The molecule has 0 unspecified atom stereocenters. The van der Waals surface area contributed by atoms with Gasteiger partial charge in [-0.25, -0.2) is 4.79 Å². The zero-order valence-corrected chi connectivity index (χ0v) is 9.94. The van der Waals surface area contributed by atoms with E-state index in [4.69, 9.17) is 4.74 Å². The van der Waals surface area contributed by atoms with Crippen molar-refractivity contribution in [3.05, 3.63) is 23.3 Å². The Bertz CT molecular complexity index is 450. The molecule has 1 aromatic carbocycles. The Morgan fingerprint density at radius 2 is 2.00 bits per heavy atom. The van der Waals surface area contributed by atoms with Crippen molar-refractivity contribution >= 4 is 11.8 Å². The van der Waals surface area contributed by atoms with E-state index in [9.17, 15) is 14.7 Å². The van der Waals surface area contributed by atoms with Gasteiger partial charge in [-0.05, 0) is 25.5 Å². The number of ketones is 1. The Kier molecular flexibility index (Phi) is 4.09. The molecule has 1 aromatic rings. The molecule has 0 aliphatic carbocycles. The first-order valence-corrected chi connectivity index (χ1v) is 5.10. The van der Waals surface area contributed by atoms with E-state index in [1.165, 1.54) is 19.2 Å². The van der Waals surface area contributed by atoms with Crippen LogP contribution >= 0.6 is 0 Å². The fourth-order valence-electron chi connectivity index (χ4n) is 1.46. The number of hydrogen-bond donors (Lipinski definition) is 1. The summed E-state index contributed by atoms with van der Waals surface area (Å²) >= 11 is 0. The maximum atomic E-state index is 11.8. The van der Waals surface area contributed by atoms with E-state index in [-0.39, 0.29) is 23.7 Å². The van der Waals surface area contributed by atoms with Crippen molar-refractivity contribution < 1.29 is 24.2 Å². The van der Waals surface area contributed by atoms with Crippen LogP contribution in [0.25, 0.3) is 0 Å². The molecular weight excluding hydrogens is 224 g/mol. The fraction of sp³-hybridized carbons (Fsp3) is 0.333. The van der Waals surface area contributed by atoms with Crippen LogP contribution in [0.15, 0.2) is 12.1 Å². The van der Waals surface area contributed by atoms with Crippen molar-refractivity contribution in [3.63, 3.8) is 0 Å². The predicted octanol–water partition coefficient (Wildman–Crippen LogP) is 1.46. The predicted molar refractivity (Wildman–Crippen MR) is 60.4 cm³/mol. The van der Waals surface area contributed by atoms with Crippen molar-refractivity contribution in [2.45, 2.75) is 13.8 Å². The number of carbonyl (C=O) groups is 2. The van der Waals surface area contributed by atoms with Crippen LogP contribution in [0.5, 0.6) is 11.5 Å². The van der Waals surface area contributed by atoms with E-state index in [2.05, 4.69) is 4.74 Å². The Morgan fingerprint density at radius 1 is 1.35 bits per heavy atom. The summed E-state index contributed by atoms with van der Waals surface area (Å²) in [5, 5.41) is 9.55. The molecule has 0 saturated heterocycles. The van der Waals surface area contributed by atoms with Gasteiger partial charge in [0.05, 0.1) is 19.3 Å². The van der Waals surface area contributed by atoms with E-state index < -0.39 is 11.8 Å². The first-order valence-electron chi connectivity index (χ1n) is 5.10. The molecule has 0 aromatic heterocycles. The third-order valence-corrected chi connectivity index (χ3v) is 2.24. The first-order chi connectivity index (χ1) is 8.02. The number of aryl methyl sites for hydroxylation is 1. The van der Waals surface area contributed by atoms with Gasteiger partial charge in [0.15, 0.2) is 11.5 Å². The second-order valence-electron chi connectivity index (χ2n) is 3.36. The summed E-state index contributed by atoms with van der Waals surface area (Å²) in [6.07, 6.45) is 0. The topological polar surface area (TPSA) is 72.8 Å². The van der Waals surface area contributed by atoms with E-state index in [1.54, 1.807) is 13.8 Å². The molecular formula is C12H14O5. The summed E-state index contributed by atoms with van der Waals surface area (Å²) < 4.78 is 9.55. The lowest BCUT2D eigenvalue weighted by atomic mass is 10.0. The van der Waals surface area contributed by atoms with Gasteiger partial charge in [-0.3, -0.25) is 4.79 Å². The van der Waals surface area contributed by atoms with Crippen LogP contribution in [0, 0.1) is 6.92 Å². The molecule has 0 spiro atoms. The quantitative estimate of drug-likeness (QED) is 0.488. The molecule has 0 atom stereocenters. The van der Waals surface area contributed by atoms with Gasteiger partial charge >= 0.3 is 5.97 Å². The average molecular weight is 238 g/mol. The summed E-state index contributed by atoms with van der Waals surface area (Å²) in [7, 11) is 1.32. The van der Waals surface area contributed by atoms with Crippen molar-refractivity contribution in [3.8, 4) is 11.5 Å². The summed E-state index contributed by atoms with van der Waals surface area (Å²) in [4.78, 5) is 23.2. The number of esters is 1. The van der Waals surface area contributed by atoms with Crippen LogP contribution in [-0.2, 0) is 9.53 Å². The highest BCUT2D eigenvalue weighted by molar-refractivity contribution is 6.41. The summed E-state index contributed by atoms with van der Waals surface area (Å²) in [5.74, 6) is -1.98. The monoisotopic (exact) mass is 238 g/mol. The Labute approximate surface area is 99.0 Å². The SMILES string of the molecule is CCOC(=O)C(=O)c1c(C)ccc(O)c1OC. The number of phenols is 1. The van der Waals surface area contributed by atoms with Crippen molar-refractivity contribution in [1.82, 2.24) is 0 Å². The molecule has 0 amide bonds. The van der Waals surface area contributed by atoms with Crippen molar-refractivity contribution in [2.75, 3.05) is 13.7 Å². The number of benzene rings is 1. The van der Waals surface area contributed by atoms with Gasteiger partial charge in [0.2, 0.25) is 0 Å². The number of phenolic OH excluding ortho intramolecular Hbond substituents is 1. The maximum Gasteiger partial charge on any atom is 0.379 e. The van der Waals surface area contributed by atoms with Gasteiger partial charge in [0.25, 0.3) is 5.78 Å². The Morgan fingerprint density at radius 3 is 2.53 bits per heavy atom. The summed E-state index contributed by atoms with van der Waals surface area (Å²) in [6, 6.07) is 2.93. The van der Waals surface area contributed by atoms with E-state index in [1.807, 2.05) is 0 Å². The molecule has 0 aliphatic heterocycles. The lowest BCUT2D eigenvalue weighted by Crippen LogP contribution is -2.19. The molecule has 5 heteroatoms. The number of aromatic hydroxyl groups is 1. The first kappa shape index (κ1) is 13.0. The van der Waals surface area contributed by atoms with E-state index >= 15 is 0 Å². The molecule has 92 valence electrons. The highest BCUT2D eigenvalue weighted by atomic mass is 16.5. The number of carbonyl (C=O) groups excluding carboxylic acids is 2. The molecule has 0 radical (unpaired) electrons.